The normalized spacial score (nSPS) is 12.9. The minimum absolute atomic E-state index is 0.282. The van der Waals surface area contributed by atoms with E-state index >= 15 is 0 Å². The van der Waals surface area contributed by atoms with E-state index in [1.54, 1.807) is 0 Å². The summed E-state index contributed by atoms with van der Waals surface area (Å²) in [6, 6.07) is 0. The summed E-state index contributed by atoms with van der Waals surface area (Å²) in [5.74, 6) is -1.46. The molecule has 0 aliphatic heterocycles. The Bertz CT molecular complexity index is 420. The first kappa shape index (κ1) is 14.8. The highest BCUT2D eigenvalue weighted by Crippen LogP contribution is 2.37. The van der Waals surface area contributed by atoms with Crippen LogP contribution in [-0.4, -0.2) is 28.4 Å². The molecule has 0 atom stereocenters. The number of hydrogen-bond donors (Lipinski definition) is 1. The summed E-state index contributed by atoms with van der Waals surface area (Å²) in [5.41, 5.74) is 5.04. The van der Waals surface area contributed by atoms with Crippen LogP contribution in [0, 0.1) is 0 Å². The Morgan fingerprint density at radius 1 is 1.17 bits per heavy atom. The van der Waals surface area contributed by atoms with E-state index in [-0.39, 0.29) is 4.47 Å². The van der Waals surface area contributed by atoms with Crippen molar-refractivity contribution in [3.63, 3.8) is 0 Å². The molecule has 4 nitrogen and oxygen atoms in total. The smallest absolute Gasteiger partial charge is 0.434 e. The van der Waals surface area contributed by atoms with Crippen LogP contribution in [0.3, 0.4) is 0 Å². The monoisotopic (exact) mass is 339 g/mol. The molecule has 0 saturated carbocycles. The van der Waals surface area contributed by atoms with Crippen LogP contribution in [0.25, 0.3) is 0 Å². The van der Waals surface area contributed by atoms with Gasteiger partial charge in [0, 0.05) is 0 Å². The van der Waals surface area contributed by atoms with Crippen molar-refractivity contribution < 1.29 is 31.1 Å². The lowest BCUT2D eigenvalue weighted by atomic mass is 10.3. The van der Waals surface area contributed by atoms with Crippen LogP contribution in [-0.2, 0) is 0 Å². The van der Waals surface area contributed by atoms with Crippen LogP contribution in [0.5, 0.6) is 5.88 Å². The van der Waals surface area contributed by atoms with Crippen molar-refractivity contribution in [3.05, 3.63) is 10.7 Å². The maximum absolute atomic E-state index is 12.2. The maximum Gasteiger partial charge on any atom is 0.434 e. The maximum atomic E-state index is 12.2. The Morgan fingerprint density at radius 2 is 1.67 bits per heavy atom. The molecule has 0 aliphatic carbocycles. The van der Waals surface area contributed by atoms with Crippen molar-refractivity contribution >= 4 is 21.9 Å². The van der Waals surface area contributed by atoms with E-state index in [0.717, 1.165) is 6.20 Å². The fourth-order valence-corrected chi connectivity index (χ4v) is 1.16. The highest BCUT2D eigenvalue weighted by Gasteiger charge is 2.59. The fourth-order valence-electron chi connectivity index (χ4n) is 0.878. The molecule has 0 fully saturated rings. The predicted molar refractivity (Wildman–Crippen MR) is 50.7 cm³/mol. The van der Waals surface area contributed by atoms with Gasteiger partial charge in [-0.05, 0) is 15.9 Å². The average Bonchev–Trinajstić information content (AvgIpc) is 2.15. The van der Waals surface area contributed by atoms with E-state index in [4.69, 9.17) is 5.73 Å². The lowest BCUT2D eigenvalue weighted by molar-refractivity contribution is -0.300. The quantitative estimate of drug-likeness (QED) is 0.841. The van der Waals surface area contributed by atoms with Gasteiger partial charge in [0.25, 0.3) is 6.10 Å². The van der Waals surface area contributed by atoms with Crippen molar-refractivity contribution in [1.82, 2.24) is 9.97 Å². The van der Waals surface area contributed by atoms with Gasteiger partial charge >= 0.3 is 12.4 Å². The van der Waals surface area contributed by atoms with Crippen LogP contribution < -0.4 is 10.5 Å². The van der Waals surface area contributed by atoms with E-state index in [1.165, 1.54) is 0 Å². The zero-order valence-electron chi connectivity index (χ0n) is 8.18. The van der Waals surface area contributed by atoms with Crippen LogP contribution in [0.1, 0.15) is 0 Å². The summed E-state index contributed by atoms with van der Waals surface area (Å²) < 4.78 is 76.7. The average molecular weight is 340 g/mol. The van der Waals surface area contributed by atoms with Crippen molar-refractivity contribution in [1.29, 1.82) is 0 Å². The highest BCUT2D eigenvalue weighted by molar-refractivity contribution is 9.10. The Morgan fingerprint density at radius 3 is 2.11 bits per heavy atom. The molecule has 0 unspecified atom stereocenters. The minimum Gasteiger partial charge on any atom is -0.454 e. The molecule has 0 spiro atoms. The standard InChI is InChI=1S/C7H4BrF6N3O/c8-2-1-16-5(15)17-3(2)18-4(6(9,10)11)7(12,13)14/h1,4H,(H2,15,16,17). The summed E-state index contributed by atoms with van der Waals surface area (Å²) in [4.78, 5) is 6.49. The summed E-state index contributed by atoms with van der Waals surface area (Å²) in [5, 5.41) is 0. The molecule has 0 bridgehead atoms. The first-order valence-corrected chi connectivity index (χ1v) is 4.89. The molecule has 0 aliphatic rings. The largest absolute Gasteiger partial charge is 0.454 e. The summed E-state index contributed by atoms with van der Waals surface area (Å²) >= 11 is 2.65. The fraction of sp³-hybridized carbons (Fsp3) is 0.429. The minimum atomic E-state index is -5.63. The Balaban J connectivity index is 3.08. The summed E-state index contributed by atoms with van der Waals surface area (Å²) in [6.45, 7) is 0. The number of ether oxygens (including phenoxy) is 1. The molecule has 0 saturated heterocycles. The van der Waals surface area contributed by atoms with Crippen molar-refractivity contribution in [2.45, 2.75) is 18.5 Å². The number of hydrogen-bond acceptors (Lipinski definition) is 4. The van der Waals surface area contributed by atoms with Crippen LogP contribution >= 0.6 is 15.9 Å². The summed E-state index contributed by atoms with van der Waals surface area (Å²) in [7, 11) is 0. The molecule has 102 valence electrons. The number of halogens is 7. The number of aromatic nitrogens is 2. The lowest BCUT2D eigenvalue weighted by Crippen LogP contribution is -2.46. The second kappa shape index (κ2) is 4.78. The molecule has 11 heteroatoms. The molecular formula is C7H4BrF6N3O. The molecule has 1 heterocycles. The van der Waals surface area contributed by atoms with Gasteiger partial charge in [-0.2, -0.15) is 31.3 Å². The lowest BCUT2D eigenvalue weighted by Gasteiger charge is -2.23. The number of anilines is 1. The number of alkyl halides is 6. The van der Waals surface area contributed by atoms with Crippen LogP contribution in [0.4, 0.5) is 32.3 Å². The number of nitrogens with two attached hydrogens (primary N) is 1. The predicted octanol–water partition coefficient (Wildman–Crippen LogP) is 2.69. The van der Waals surface area contributed by atoms with Crippen molar-refractivity contribution in [3.8, 4) is 5.88 Å². The Hall–Kier alpha value is -1.26. The first-order chi connectivity index (χ1) is 8.01. The van der Waals surface area contributed by atoms with Gasteiger partial charge in [0.15, 0.2) is 0 Å². The zero-order chi connectivity index (χ0) is 14.1. The second-order valence-corrected chi connectivity index (χ2v) is 3.82. The van der Waals surface area contributed by atoms with E-state index in [2.05, 4.69) is 30.6 Å². The van der Waals surface area contributed by atoms with E-state index in [0.29, 0.717) is 0 Å². The first-order valence-electron chi connectivity index (χ1n) is 4.10. The molecule has 2 N–H and O–H groups in total. The van der Waals surface area contributed by atoms with Gasteiger partial charge in [-0.1, -0.05) is 0 Å². The highest BCUT2D eigenvalue weighted by atomic mass is 79.9. The van der Waals surface area contributed by atoms with Gasteiger partial charge in [-0.15, -0.1) is 0 Å². The third-order valence-corrected chi connectivity index (χ3v) is 2.10. The Kier molecular flexibility index (Phi) is 3.93. The van der Waals surface area contributed by atoms with E-state index < -0.39 is 30.3 Å². The summed E-state index contributed by atoms with van der Waals surface area (Å²) in [6.07, 6.45) is -14.4. The molecule has 0 aromatic carbocycles. The third-order valence-electron chi connectivity index (χ3n) is 1.55. The van der Waals surface area contributed by atoms with E-state index in [9.17, 15) is 26.3 Å². The molecule has 1 aromatic heterocycles. The number of nitrogen functional groups attached to an aromatic ring is 1. The molecule has 0 radical (unpaired) electrons. The molecule has 0 amide bonds. The van der Waals surface area contributed by atoms with Crippen LogP contribution in [0.2, 0.25) is 0 Å². The molecule has 1 rings (SSSR count). The van der Waals surface area contributed by atoms with Gasteiger partial charge in [-0.25, -0.2) is 4.98 Å². The molecular weight excluding hydrogens is 336 g/mol. The van der Waals surface area contributed by atoms with Gasteiger partial charge in [0.1, 0.15) is 0 Å². The third kappa shape index (κ3) is 3.62. The second-order valence-electron chi connectivity index (χ2n) is 2.96. The van der Waals surface area contributed by atoms with Gasteiger partial charge in [0.05, 0.1) is 10.7 Å². The van der Waals surface area contributed by atoms with Crippen LogP contribution in [0.15, 0.2) is 10.7 Å². The van der Waals surface area contributed by atoms with Gasteiger partial charge in [0.2, 0.25) is 11.8 Å². The SMILES string of the molecule is Nc1ncc(Br)c(OC(C(F)(F)F)C(F)(F)F)n1. The van der Waals surface area contributed by atoms with E-state index in [1.807, 2.05) is 0 Å². The number of nitrogens with zero attached hydrogens (tertiary/aromatic N) is 2. The zero-order valence-corrected chi connectivity index (χ0v) is 9.77. The Labute approximate surface area is 104 Å². The van der Waals surface area contributed by atoms with Crippen molar-refractivity contribution in [2.24, 2.45) is 0 Å². The van der Waals surface area contributed by atoms with Gasteiger partial charge in [-0.3, -0.25) is 0 Å². The molecule has 18 heavy (non-hydrogen) atoms. The van der Waals surface area contributed by atoms with Gasteiger partial charge < -0.3 is 10.5 Å². The molecule has 1 aromatic rings. The van der Waals surface area contributed by atoms with Crippen molar-refractivity contribution in [2.75, 3.05) is 5.73 Å². The topological polar surface area (TPSA) is 61.0 Å². The number of rotatable bonds is 2.